The fourth-order valence-corrected chi connectivity index (χ4v) is 3.09. The second-order valence-electron chi connectivity index (χ2n) is 6.03. The van der Waals surface area contributed by atoms with Crippen LogP contribution in [-0.2, 0) is 24.2 Å². The third-order valence-corrected chi connectivity index (χ3v) is 4.36. The highest BCUT2D eigenvalue weighted by Crippen LogP contribution is 2.16. The van der Waals surface area contributed by atoms with Gasteiger partial charge in [0.1, 0.15) is 12.4 Å². The Labute approximate surface area is 135 Å². The molecule has 0 spiro atoms. The van der Waals surface area contributed by atoms with E-state index in [-0.39, 0.29) is 24.1 Å². The van der Waals surface area contributed by atoms with E-state index in [4.69, 9.17) is 0 Å². The molecule has 1 aromatic heterocycles. The van der Waals surface area contributed by atoms with Crippen LogP contribution in [0.15, 0.2) is 35.1 Å². The maximum atomic E-state index is 12.5. The predicted molar refractivity (Wildman–Crippen MR) is 88.3 cm³/mol. The van der Waals surface area contributed by atoms with Crippen molar-refractivity contribution in [3.63, 3.8) is 0 Å². The molecule has 0 aliphatic heterocycles. The number of rotatable bonds is 4. The summed E-state index contributed by atoms with van der Waals surface area (Å²) in [6.07, 6.45) is 2.60. The fraction of sp³-hybridized carbons (Fsp3) is 0.389. The first-order chi connectivity index (χ1) is 11.1. The number of hydrogen-bond acceptors (Lipinski definition) is 3. The standard InChI is InChI=1S/C18H21N3O2/c1-12(14-7-4-3-5-8-14)19-17(22)11-21-13(2)20-16-10-6-9-15(16)18(21)23/h3-5,7-8,12H,6,9-11H2,1-2H3,(H,19,22)/t12-/m0/s1. The average molecular weight is 311 g/mol. The highest BCUT2D eigenvalue weighted by Gasteiger charge is 2.20. The lowest BCUT2D eigenvalue weighted by Gasteiger charge is -2.16. The molecular formula is C18H21N3O2. The summed E-state index contributed by atoms with van der Waals surface area (Å²) in [5.41, 5.74) is 2.66. The second-order valence-corrected chi connectivity index (χ2v) is 6.03. The van der Waals surface area contributed by atoms with Gasteiger partial charge in [-0.15, -0.1) is 0 Å². The zero-order valence-electron chi connectivity index (χ0n) is 13.5. The summed E-state index contributed by atoms with van der Waals surface area (Å²) in [6, 6.07) is 9.67. The molecule has 0 unspecified atom stereocenters. The Balaban J connectivity index is 1.75. The van der Waals surface area contributed by atoms with Crippen LogP contribution in [0, 0.1) is 6.92 Å². The van der Waals surface area contributed by atoms with Crippen molar-refractivity contribution >= 4 is 5.91 Å². The molecule has 0 bridgehead atoms. The number of fused-ring (bicyclic) bond motifs is 1. The van der Waals surface area contributed by atoms with Crippen LogP contribution in [0.1, 0.15) is 42.0 Å². The highest BCUT2D eigenvalue weighted by molar-refractivity contribution is 5.76. The third-order valence-electron chi connectivity index (χ3n) is 4.36. The number of nitrogens with one attached hydrogen (secondary N) is 1. The SMILES string of the molecule is Cc1nc2c(c(=O)n1CC(=O)N[C@@H](C)c1ccccc1)CCC2. The van der Waals surface area contributed by atoms with E-state index in [2.05, 4.69) is 10.3 Å². The van der Waals surface area contributed by atoms with Gasteiger partial charge in [-0.2, -0.15) is 0 Å². The van der Waals surface area contributed by atoms with Gasteiger partial charge in [0.15, 0.2) is 0 Å². The lowest BCUT2D eigenvalue weighted by atomic mass is 10.1. The van der Waals surface area contributed by atoms with Gasteiger partial charge in [0.2, 0.25) is 5.91 Å². The number of aromatic nitrogens is 2. The molecule has 23 heavy (non-hydrogen) atoms. The van der Waals surface area contributed by atoms with Gasteiger partial charge in [0.25, 0.3) is 5.56 Å². The van der Waals surface area contributed by atoms with Crippen LogP contribution < -0.4 is 10.9 Å². The van der Waals surface area contributed by atoms with Crippen molar-refractivity contribution in [1.29, 1.82) is 0 Å². The molecule has 5 heteroatoms. The van der Waals surface area contributed by atoms with E-state index < -0.39 is 0 Å². The molecular weight excluding hydrogens is 290 g/mol. The van der Waals surface area contributed by atoms with Gasteiger partial charge < -0.3 is 5.32 Å². The zero-order chi connectivity index (χ0) is 16.4. The van der Waals surface area contributed by atoms with E-state index in [1.54, 1.807) is 6.92 Å². The first kappa shape index (κ1) is 15.5. The molecule has 1 N–H and O–H groups in total. The Morgan fingerprint density at radius 2 is 2.04 bits per heavy atom. The number of hydrogen-bond donors (Lipinski definition) is 1. The van der Waals surface area contributed by atoms with Gasteiger partial charge in [-0.05, 0) is 38.7 Å². The number of nitrogens with zero attached hydrogens (tertiary/aromatic N) is 2. The Bertz CT molecular complexity index is 781. The van der Waals surface area contributed by atoms with Gasteiger partial charge in [-0.25, -0.2) is 4.98 Å². The topological polar surface area (TPSA) is 64.0 Å². The summed E-state index contributed by atoms with van der Waals surface area (Å²) in [6.45, 7) is 3.74. The molecule has 1 amide bonds. The number of aryl methyl sites for hydroxylation is 2. The lowest BCUT2D eigenvalue weighted by Crippen LogP contribution is -2.36. The van der Waals surface area contributed by atoms with E-state index >= 15 is 0 Å². The number of benzene rings is 1. The quantitative estimate of drug-likeness (QED) is 0.938. The lowest BCUT2D eigenvalue weighted by molar-refractivity contribution is -0.122. The first-order valence-corrected chi connectivity index (χ1v) is 7.99. The van der Waals surface area contributed by atoms with E-state index in [9.17, 15) is 9.59 Å². The van der Waals surface area contributed by atoms with Crippen molar-refractivity contribution in [2.24, 2.45) is 0 Å². The summed E-state index contributed by atoms with van der Waals surface area (Å²) >= 11 is 0. The molecule has 2 aromatic rings. The van der Waals surface area contributed by atoms with Gasteiger partial charge in [-0.1, -0.05) is 30.3 Å². The molecule has 0 fully saturated rings. The second kappa shape index (κ2) is 6.36. The third kappa shape index (κ3) is 3.18. The predicted octanol–water partition coefficient (Wildman–Crippen LogP) is 1.92. The molecule has 1 aliphatic carbocycles. The number of amides is 1. The maximum Gasteiger partial charge on any atom is 0.257 e. The maximum absolute atomic E-state index is 12.5. The minimum Gasteiger partial charge on any atom is -0.348 e. The van der Waals surface area contributed by atoms with Crippen molar-refractivity contribution < 1.29 is 4.79 Å². The minimum atomic E-state index is -0.175. The van der Waals surface area contributed by atoms with Crippen molar-refractivity contribution in [2.75, 3.05) is 0 Å². The monoisotopic (exact) mass is 311 g/mol. The number of carbonyl (C=O) groups excluding carboxylic acids is 1. The summed E-state index contributed by atoms with van der Waals surface area (Å²) < 4.78 is 1.48. The van der Waals surface area contributed by atoms with Crippen molar-refractivity contribution in [2.45, 2.75) is 45.7 Å². The largest absolute Gasteiger partial charge is 0.348 e. The number of carbonyl (C=O) groups is 1. The van der Waals surface area contributed by atoms with Gasteiger partial charge >= 0.3 is 0 Å². The smallest absolute Gasteiger partial charge is 0.257 e. The molecule has 120 valence electrons. The van der Waals surface area contributed by atoms with Crippen molar-refractivity contribution in [3.8, 4) is 0 Å². The molecule has 0 saturated heterocycles. The summed E-state index contributed by atoms with van der Waals surface area (Å²) in [5.74, 6) is 0.435. The van der Waals surface area contributed by atoms with Crippen molar-refractivity contribution in [1.82, 2.24) is 14.9 Å². The van der Waals surface area contributed by atoms with Crippen molar-refractivity contribution in [3.05, 3.63) is 63.3 Å². The average Bonchev–Trinajstić information content (AvgIpc) is 3.00. The summed E-state index contributed by atoms with van der Waals surface area (Å²) in [7, 11) is 0. The van der Waals surface area contributed by atoms with Crippen LogP contribution in [-0.4, -0.2) is 15.5 Å². The Kier molecular flexibility index (Phi) is 4.28. The molecule has 1 heterocycles. The summed E-state index contributed by atoms with van der Waals surface area (Å²) in [4.78, 5) is 29.3. The molecule has 0 radical (unpaired) electrons. The van der Waals surface area contributed by atoms with Gasteiger partial charge in [0.05, 0.1) is 11.7 Å². The van der Waals surface area contributed by atoms with E-state index in [0.29, 0.717) is 5.82 Å². The minimum absolute atomic E-state index is 0.0160. The molecule has 1 aliphatic rings. The molecule has 1 aromatic carbocycles. The van der Waals surface area contributed by atoms with Gasteiger partial charge in [-0.3, -0.25) is 14.2 Å². The summed E-state index contributed by atoms with van der Waals surface area (Å²) in [5, 5.41) is 2.94. The van der Waals surface area contributed by atoms with Gasteiger partial charge in [0, 0.05) is 5.56 Å². The van der Waals surface area contributed by atoms with E-state index in [1.165, 1.54) is 4.57 Å². The Morgan fingerprint density at radius 3 is 2.78 bits per heavy atom. The Hall–Kier alpha value is -2.43. The van der Waals surface area contributed by atoms with E-state index in [1.807, 2.05) is 37.3 Å². The molecule has 5 nitrogen and oxygen atoms in total. The van der Waals surface area contributed by atoms with Crippen LogP contribution in [0.5, 0.6) is 0 Å². The molecule has 1 atom stereocenters. The van der Waals surface area contributed by atoms with Crippen LogP contribution in [0.25, 0.3) is 0 Å². The van der Waals surface area contributed by atoms with Crippen LogP contribution >= 0.6 is 0 Å². The normalized spacial score (nSPS) is 14.3. The zero-order valence-corrected chi connectivity index (χ0v) is 13.5. The van der Waals surface area contributed by atoms with Crippen LogP contribution in [0.2, 0.25) is 0 Å². The fourth-order valence-electron chi connectivity index (χ4n) is 3.09. The first-order valence-electron chi connectivity index (χ1n) is 7.99. The molecule has 3 rings (SSSR count). The van der Waals surface area contributed by atoms with Crippen LogP contribution in [0.3, 0.4) is 0 Å². The highest BCUT2D eigenvalue weighted by atomic mass is 16.2. The van der Waals surface area contributed by atoms with Crippen LogP contribution in [0.4, 0.5) is 0 Å². The Morgan fingerprint density at radius 1 is 1.30 bits per heavy atom. The van der Waals surface area contributed by atoms with E-state index in [0.717, 1.165) is 36.1 Å². The molecule has 0 saturated carbocycles.